The molecule has 0 unspecified atom stereocenters. The lowest BCUT2D eigenvalue weighted by Crippen LogP contribution is -2.48. The first-order valence-corrected chi connectivity index (χ1v) is 10.4. The summed E-state index contributed by atoms with van der Waals surface area (Å²) in [5, 5.41) is 17.4. The van der Waals surface area contributed by atoms with Gasteiger partial charge >= 0.3 is 0 Å². The Hall–Kier alpha value is -2.41. The van der Waals surface area contributed by atoms with Crippen LogP contribution in [0.3, 0.4) is 0 Å². The number of ether oxygens (including phenoxy) is 1. The van der Waals surface area contributed by atoms with Gasteiger partial charge in [-0.2, -0.15) is 11.3 Å². The standard InChI is InChI=1S/C22H23NO4S/c24-18(20-7-6-19(27-20)16-8-13-28-15-16)14-23-21(25)22(9-11-26-12-10-22)17-4-2-1-3-5-17/h1-8,13,15,18,24H,9-12,14H2,(H,23,25)/t18-/m1/s1. The summed E-state index contributed by atoms with van der Waals surface area (Å²) in [7, 11) is 0. The summed E-state index contributed by atoms with van der Waals surface area (Å²) < 4.78 is 11.2. The van der Waals surface area contributed by atoms with E-state index in [1.54, 1.807) is 17.4 Å². The van der Waals surface area contributed by atoms with E-state index in [4.69, 9.17) is 9.15 Å². The summed E-state index contributed by atoms with van der Waals surface area (Å²) in [6.45, 7) is 1.20. The fourth-order valence-corrected chi connectivity index (χ4v) is 4.32. The molecular weight excluding hydrogens is 374 g/mol. The van der Waals surface area contributed by atoms with E-state index in [0.717, 1.165) is 11.1 Å². The summed E-state index contributed by atoms with van der Waals surface area (Å²) in [5.41, 5.74) is 1.35. The molecule has 3 heterocycles. The number of furan rings is 1. The number of carbonyl (C=O) groups excluding carboxylic acids is 1. The van der Waals surface area contributed by atoms with Gasteiger partial charge in [-0.3, -0.25) is 4.79 Å². The molecule has 6 heteroatoms. The quantitative estimate of drug-likeness (QED) is 0.662. The summed E-state index contributed by atoms with van der Waals surface area (Å²) >= 11 is 1.59. The van der Waals surface area contributed by atoms with Crippen molar-refractivity contribution in [3.63, 3.8) is 0 Å². The van der Waals surface area contributed by atoms with E-state index in [2.05, 4.69) is 5.32 Å². The average molecular weight is 397 g/mol. The van der Waals surface area contributed by atoms with Crippen molar-refractivity contribution in [1.82, 2.24) is 5.32 Å². The molecule has 5 nitrogen and oxygen atoms in total. The van der Waals surface area contributed by atoms with E-state index in [-0.39, 0.29) is 12.5 Å². The van der Waals surface area contributed by atoms with Gasteiger partial charge in [0.2, 0.25) is 5.91 Å². The zero-order valence-electron chi connectivity index (χ0n) is 15.5. The van der Waals surface area contributed by atoms with Gasteiger partial charge < -0.3 is 19.6 Å². The second-order valence-corrected chi connectivity index (χ2v) is 7.78. The summed E-state index contributed by atoms with van der Waals surface area (Å²) in [6.07, 6.45) is 0.355. The molecular formula is C22H23NO4S. The lowest BCUT2D eigenvalue weighted by Gasteiger charge is -2.36. The summed E-state index contributed by atoms with van der Waals surface area (Å²) in [5.74, 6) is 1.08. The molecule has 146 valence electrons. The van der Waals surface area contributed by atoms with Gasteiger partial charge in [0.05, 0.1) is 12.0 Å². The topological polar surface area (TPSA) is 71.7 Å². The van der Waals surface area contributed by atoms with Crippen molar-refractivity contribution in [2.45, 2.75) is 24.4 Å². The molecule has 1 aromatic carbocycles. The van der Waals surface area contributed by atoms with Crippen LogP contribution in [0.5, 0.6) is 0 Å². The van der Waals surface area contributed by atoms with E-state index in [1.165, 1.54) is 0 Å². The number of aliphatic hydroxyl groups is 1. The molecule has 1 saturated heterocycles. The van der Waals surface area contributed by atoms with Crippen LogP contribution in [-0.2, 0) is 14.9 Å². The van der Waals surface area contributed by atoms with Gasteiger partial charge in [0.25, 0.3) is 0 Å². The molecule has 0 aliphatic carbocycles. The van der Waals surface area contributed by atoms with Crippen molar-refractivity contribution in [1.29, 1.82) is 0 Å². The maximum absolute atomic E-state index is 13.1. The molecule has 3 aromatic rings. The van der Waals surface area contributed by atoms with Crippen molar-refractivity contribution >= 4 is 17.2 Å². The van der Waals surface area contributed by atoms with Crippen LogP contribution in [0, 0.1) is 0 Å². The Bertz CT molecular complexity index is 898. The zero-order chi connectivity index (χ0) is 19.4. The Balaban J connectivity index is 1.45. The maximum Gasteiger partial charge on any atom is 0.230 e. The zero-order valence-corrected chi connectivity index (χ0v) is 16.3. The first-order valence-electron chi connectivity index (χ1n) is 9.41. The molecule has 4 rings (SSSR count). The first-order chi connectivity index (χ1) is 13.7. The number of benzene rings is 1. The Kier molecular flexibility index (Phi) is 5.62. The number of aliphatic hydroxyl groups excluding tert-OH is 1. The number of amides is 1. The van der Waals surface area contributed by atoms with Crippen LogP contribution in [0.2, 0.25) is 0 Å². The second kappa shape index (κ2) is 8.31. The van der Waals surface area contributed by atoms with Crippen LogP contribution in [-0.4, -0.2) is 30.8 Å². The SMILES string of the molecule is O=C(NC[C@@H](O)c1ccc(-c2ccsc2)o1)C1(c2ccccc2)CCOCC1. The van der Waals surface area contributed by atoms with E-state index in [9.17, 15) is 9.90 Å². The Labute approximate surface area is 168 Å². The van der Waals surface area contributed by atoms with Crippen molar-refractivity contribution in [2.24, 2.45) is 0 Å². The minimum atomic E-state index is -0.899. The van der Waals surface area contributed by atoms with Gasteiger partial charge in [0.1, 0.15) is 17.6 Å². The van der Waals surface area contributed by atoms with Crippen LogP contribution in [0.25, 0.3) is 11.3 Å². The maximum atomic E-state index is 13.1. The lowest BCUT2D eigenvalue weighted by atomic mass is 9.73. The highest BCUT2D eigenvalue weighted by Crippen LogP contribution is 2.35. The average Bonchev–Trinajstić information content (AvgIpc) is 3.44. The molecule has 0 bridgehead atoms. The molecule has 28 heavy (non-hydrogen) atoms. The van der Waals surface area contributed by atoms with E-state index >= 15 is 0 Å². The van der Waals surface area contributed by atoms with E-state index in [0.29, 0.717) is 37.6 Å². The van der Waals surface area contributed by atoms with Crippen LogP contribution in [0.4, 0.5) is 0 Å². The predicted molar refractivity (Wildman–Crippen MR) is 108 cm³/mol. The molecule has 1 amide bonds. The van der Waals surface area contributed by atoms with Gasteiger partial charge in [0.15, 0.2) is 0 Å². The number of rotatable bonds is 6. The molecule has 1 aliphatic rings. The lowest BCUT2D eigenvalue weighted by molar-refractivity contribution is -0.131. The van der Waals surface area contributed by atoms with Crippen LogP contribution in [0.1, 0.15) is 30.3 Å². The van der Waals surface area contributed by atoms with Crippen molar-refractivity contribution in [3.05, 3.63) is 70.6 Å². The van der Waals surface area contributed by atoms with E-state index < -0.39 is 11.5 Å². The predicted octanol–water partition coefficient (Wildman–Crippen LogP) is 3.91. The molecule has 0 saturated carbocycles. The minimum absolute atomic E-state index is 0.0781. The van der Waals surface area contributed by atoms with Gasteiger partial charge in [-0.05, 0) is 42.0 Å². The number of carbonyl (C=O) groups is 1. The monoisotopic (exact) mass is 397 g/mol. The van der Waals surface area contributed by atoms with Gasteiger partial charge in [0, 0.05) is 24.2 Å². The third-order valence-corrected chi connectivity index (χ3v) is 6.01. The van der Waals surface area contributed by atoms with Crippen molar-refractivity contribution in [2.75, 3.05) is 19.8 Å². The molecule has 2 aromatic heterocycles. The van der Waals surface area contributed by atoms with Crippen molar-refractivity contribution in [3.8, 4) is 11.3 Å². The largest absolute Gasteiger partial charge is 0.458 e. The fourth-order valence-electron chi connectivity index (χ4n) is 3.67. The smallest absolute Gasteiger partial charge is 0.230 e. The number of thiophene rings is 1. The molecule has 0 radical (unpaired) electrons. The van der Waals surface area contributed by atoms with Crippen LogP contribution < -0.4 is 5.32 Å². The highest BCUT2D eigenvalue weighted by molar-refractivity contribution is 7.08. The second-order valence-electron chi connectivity index (χ2n) is 7.00. The number of nitrogens with one attached hydrogen (secondary N) is 1. The van der Waals surface area contributed by atoms with Gasteiger partial charge in [-0.1, -0.05) is 30.3 Å². The van der Waals surface area contributed by atoms with Gasteiger partial charge in [-0.15, -0.1) is 0 Å². The minimum Gasteiger partial charge on any atom is -0.458 e. The van der Waals surface area contributed by atoms with Crippen molar-refractivity contribution < 1.29 is 19.1 Å². The highest BCUT2D eigenvalue weighted by Gasteiger charge is 2.41. The Morgan fingerprint density at radius 2 is 1.93 bits per heavy atom. The molecule has 1 fully saturated rings. The molecule has 2 N–H and O–H groups in total. The fraction of sp³-hybridized carbons (Fsp3) is 0.318. The number of hydrogen-bond donors (Lipinski definition) is 2. The highest BCUT2D eigenvalue weighted by atomic mass is 32.1. The summed E-state index contributed by atoms with van der Waals surface area (Å²) in [6, 6.07) is 15.4. The van der Waals surface area contributed by atoms with E-state index in [1.807, 2.05) is 53.2 Å². The van der Waals surface area contributed by atoms with Gasteiger partial charge in [-0.25, -0.2) is 0 Å². The van der Waals surface area contributed by atoms with Crippen LogP contribution >= 0.6 is 11.3 Å². The third kappa shape index (κ3) is 3.76. The molecule has 1 aliphatic heterocycles. The summed E-state index contributed by atoms with van der Waals surface area (Å²) in [4.78, 5) is 13.1. The molecule has 1 atom stereocenters. The Morgan fingerprint density at radius 3 is 2.64 bits per heavy atom. The molecule has 0 spiro atoms. The first kappa shape index (κ1) is 18.9. The van der Waals surface area contributed by atoms with Crippen LogP contribution in [0.15, 0.2) is 63.7 Å². The third-order valence-electron chi connectivity index (χ3n) is 5.32. The Morgan fingerprint density at radius 1 is 1.14 bits per heavy atom. The number of hydrogen-bond acceptors (Lipinski definition) is 5. The normalized spacial score (nSPS) is 17.2.